The third kappa shape index (κ3) is 1.65. The van der Waals surface area contributed by atoms with Crippen molar-refractivity contribution in [2.45, 2.75) is 6.04 Å². The van der Waals surface area contributed by atoms with Crippen LogP contribution in [0.2, 0.25) is 0 Å². The first-order valence-electron chi connectivity index (χ1n) is 5.31. The number of fused-ring (bicyclic) bond motifs is 1. The van der Waals surface area contributed by atoms with Crippen LogP contribution in [0.25, 0.3) is 10.9 Å². The molecule has 5 nitrogen and oxygen atoms in total. The van der Waals surface area contributed by atoms with Crippen LogP contribution in [-0.2, 0) is 4.79 Å². The fraction of sp³-hybridized carbons (Fsp3) is 0.0833. The summed E-state index contributed by atoms with van der Waals surface area (Å²) >= 11 is 3.44. The molecule has 0 aliphatic carbocycles. The zero-order chi connectivity index (χ0) is 12.7. The molecule has 1 aromatic heterocycles. The summed E-state index contributed by atoms with van der Waals surface area (Å²) in [5.41, 5.74) is 1.39. The Bertz CT molecular complexity index is 671. The standard InChI is InChI=1S/C12H8BrN3O2/c13-8-4-3-7(9-6(8)2-1-5-14-9)10-11(17)16-12(18)15-10/h1-5,10H,(H2,15,16,17,18). The van der Waals surface area contributed by atoms with Gasteiger partial charge in [0.15, 0.2) is 0 Å². The maximum absolute atomic E-state index is 11.7. The van der Waals surface area contributed by atoms with Gasteiger partial charge in [-0.25, -0.2) is 4.79 Å². The normalized spacial score (nSPS) is 18.8. The number of benzene rings is 1. The molecule has 18 heavy (non-hydrogen) atoms. The van der Waals surface area contributed by atoms with E-state index in [-0.39, 0.29) is 5.91 Å². The number of hydrogen-bond donors (Lipinski definition) is 2. The topological polar surface area (TPSA) is 71.1 Å². The molecule has 90 valence electrons. The van der Waals surface area contributed by atoms with Gasteiger partial charge >= 0.3 is 6.03 Å². The van der Waals surface area contributed by atoms with Gasteiger partial charge in [0, 0.05) is 21.6 Å². The van der Waals surface area contributed by atoms with Crippen LogP contribution in [0, 0.1) is 0 Å². The second-order valence-electron chi connectivity index (χ2n) is 3.93. The summed E-state index contributed by atoms with van der Waals surface area (Å²) in [4.78, 5) is 27.1. The van der Waals surface area contributed by atoms with Crippen molar-refractivity contribution in [3.63, 3.8) is 0 Å². The van der Waals surface area contributed by atoms with Crippen LogP contribution in [0.1, 0.15) is 11.6 Å². The summed E-state index contributed by atoms with van der Waals surface area (Å²) in [6.07, 6.45) is 1.66. The molecule has 2 heterocycles. The zero-order valence-corrected chi connectivity index (χ0v) is 10.7. The Morgan fingerprint density at radius 3 is 2.78 bits per heavy atom. The molecule has 0 saturated carbocycles. The summed E-state index contributed by atoms with van der Waals surface area (Å²) in [7, 11) is 0. The second kappa shape index (κ2) is 4.06. The van der Waals surface area contributed by atoms with Gasteiger partial charge in [0.05, 0.1) is 5.52 Å². The maximum Gasteiger partial charge on any atom is 0.322 e. The molecule has 1 unspecified atom stereocenters. The molecule has 2 N–H and O–H groups in total. The molecule has 1 atom stereocenters. The van der Waals surface area contributed by atoms with E-state index >= 15 is 0 Å². The number of imide groups is 1. The molecule has 0 radical (unpaired) electrons. The summed E-state index contributed by atoms with van der Waals surface area (Å²) in [5.74, 6) is -0.353. The first kappa shape index (κ1) is 11.2. The lowest BCUT2D eigenvalue weighted by atomic mass is 10.0. The Balaban J connectivity index is 2.21. The van der Waals surface area contributed by atoms with Crippen molar-refractivity contribution in [1.82, 2.24) is 15.6 Å². The van der Waals surface area contributed by atoms with E-state index < -0.39 is 12.1 Å². The Labute approximate surface area is 111 Å². The lowest BCUT2D eigenvalue weighted by Gasteiger charge is -2.11. The minimum absolute atomic E-state index is 0.353. The second-order valence-corrected chi connectivity index (χ2v) is 4.79. The molecule has 1 fully saturated rings. The van der Waals surface area contributed by atoms with Gasteiger partial charge in [-0.05, 0) is 12.1 Å². The predicted octanol–water partition coefficient (Wildman–Crippen LogP) is 1.88. The van der Waals surface area contributed by atoms with E-state index in [1.807, 2.05) is 18.2 Å². The largest absolute Gasteiger partial charge is 0.322 e. The number of nitrogens with one attached hydrogen (secondary N) is 2. The molecule has 2 aromatic rings. The summed E-state index contributed by atoms with van der Waals surface area (Å²) < 4.78 is 0.902. The van der Waals surface area contributed by atoms with Crippen LogP contribution in [0.15, 0.2) is 34.9 Å². The van der Waals surface area contributed by atoms with E-state index in [1.165, 1.54) is 0 Å². The van der Waals surface area contributed by atoms with Gasteiger partial charge in [-0.15, -0.1) is 0 Å². The highest BCUT2D eigenvalue weighted by atomic mass is 79.9. The first-order chi connectivity index (χ1) is 8.66. The minimum atomic E-state index is -0.678. The number of aromatic nitrogens is 1. The molecule has 1 saturated heterocycles. The molecular weight excluding hydrogens is 298 g/mol. The zero-order valence-electron chi connectivity index (χ0n) is 9.11. The third-order valence-electron chi connectivity index (χ3n) is 2.83. The predicted molar refractivity (Wildman–Crippen MR) is 68.9 cm³/mol. The van der Waals surface area contributed by atoms with E-state index in [0.29, 0.717) is 11.1 Å². The highest BCUT2D eigenvalue weighted by molar-refractivity contribution is 9.10. The Kier molecular flexibility index (Phi) is 2.52. The van der Waals surface area contributed by atoms with Gasteiger partial charge in [-0.3, -0.25) is 15.1 Å². The minimum Gasteiger partial charge on any atom is -0.322 e. The highest BCUT2D eigenvalue weighted by Gasteiger charge is 2.32. The van der Waals surface area contributed by atoms with Gasteiger partial charge in [0.2, 0.25) is 0 Å². The molecule has 3 amide bonds. The maximum atomic E-state index is 11.7. The lowest BCUT2D eigenvalue weighted by Crippen LogP contribution is -2.22. The van der Waals surface area contributed by atoms with Crippen molar-refractivity contribution < 1.29 is 9.59 Å². The molecule has 1 aliphatic rings. The number of urea groups is 1. The van der Waals surface area contributed by atoms with E-state index in [2.05, 4.69) is 31.5 Å². The van der Waals surface area contributed by atoms with Crippen LogP contribution in [0.5, 0.6) is 0 Å². The monoisotopic (exact) mass is 305 g/mol. The van der Waals surface area contributed by atoms with Gasteiger partial charge < -0.3 is 5.32 Å². The van der Waals surface area contributed by atoms with Crippen LogP contribution in [0.4, 0.5) is 4.79 Å². The van der Waals surface area contributed by atoms with Crippen molar-refractivity contribution >= 4 is 38.8 Å². The van der Waals surface area contributed by atoms with E-state index in [9.17, 15) is 9.59 Å². The van der Waals surface area contributed by atoms with Gasteiger partial charge in [-0.2, -0.15) is 0 Å². The summed E-state index contributed by atoms with van der Waals surface area (Å²) in [5, 5.41) is 5.70. The van der Waals surface area contributed by atoms with E-state index in [1.54, 1.807) is 12.3 Å². The Morgan fingerprint density at radius 2 is 2.06 bits per heavy atom. The molecule has 1 aliphatic heterocycles. The number of amides is 3. The molecule has 1 aromatic carbocycles. The van der Waals surface area contributed by atoms with Crippen LogP contribution in [0.3, 0.4) is 0 Å². The number of rotatable bonds is 1. The van der Waals surface area contributed by atoms with Crippen LogP contribution < -0.4 is 10.6 Å². The van der Waals surface area contributed by atoms with Crippen molar-refractivity contribution in [3.05, 3.63) is 40.5 Å². The molecule has 0 bridgehead atoms. The Morgan fingerprint density at radius 1 is 1.22 bits per heavy atom. The quantitative estimate of drug-likeness (QED) is 0.790. The molecule has 6 heteroatoms. The Hall–Kier alpha value is -1.95. The van der Waals surface area contributed by atoms with Crippen LogP contribution >= 0.6 is 15.9 Å². The molecule has 3 rings (SSSR count). The van der Waals surface area contributed by atoms with Crippen molar-refractivity contribution in [2.24, 2.45) is 0 Å². The average Bonchev–Trinajstić information content (AvgIpc) is 2.69. The average molecular weight is 306 g/mol. The third-order valence-corrected chi connectivity index (χ3v) is 3.52. The SMILES string of the molecule is O=C1NC(=O)C(c2ccc(Br)c3cccnc23)N1. The molecule has 0 spiro atoms. The number of carbonyl (C=O) groups excluding carboxylic acids is 2. The summed E-state index contributed by atoms with van der Waals surface area (Å²) in [6, 6.07) is 6.21. The molecular formula is C12H8BrN3O2. The fourth-order valence-electron chi connectivity index (χ4n) is 2.03. The van der Waals surface area contributed by atoms with Crippen LogP contribution in [-0.4, -0.2) is 16.9 Å². The lowest BCUT2D eigenvalue weighted by molar-refractivity contribution is -0.120. The number of carbonyl (C=O) groups is 2. The number of pyridine rings is 1. The van der Waals surface area contributed by atoms with Crippen molar-refractivity contribution in [2.75, 3.05) is 0 Å². The highest BCUT2D eigenvalue weighted by Crippen LogP contribution is 2.29. The van der Waals surface area contributed by atoms with E-state index in [0.717, 1.165) is 9.86 Å². The number of nitrogens with zero attached hydrogens (tertiary/aromatic N) is 1. The first-order valence-corrected chi connectivity index (χ1v) is 6.10. The smallest absolute Gasteiger partial charge is 0.322 e. The number of hydrogen-bond acceptors (Lipinski definition) is 3. The van der Waals surface area contributed by atoms with E-state index in [4.69, 9.17) is 0 Å². The van der Waals surface area contributed by atoms with Gasteiger partial charge in [-0.1, -0.05) is 28.1 Å². The van der Waals surface area contributed by atoms with Crippen molar-refractivity contribution in [3.8, 4) is 0 Å². The fourth-order valence-corrected chi connectivity index (χ4v) is 2.48. The van der Waals surface area contributed by atoms with Crippen molar-refractivity contribution in [1.29, 1.82) is 0 Å². The van der Waals surface area contributed by atoms with Gasteiger partial charge in [0.1, 0.15) is 6.04 Å². The summed E-state index contributed by atoms with van der Waals surface area (Å²) in [6.45, 7) is 0. The van der Waals surface area contributed by atoms with Gasteiger partial charge in [0.25, 0.3) is 5.91 Å². The number of halogens is 1.